The Morgan fingerprint density at radius 2 is 1.65 bits per heavy atom. The van der Waals surface area contributed by atoms with E-state index in [1.165, 1.54) is 20.8 Å². The van der Waals surface area contributed by atoms with Crippen molar-refractivity contribution in [3.05, 3.63) is 0 Å². The number of halogens is 3. The van der Waals surface area contributed by atoms with Gasteiger partial charge in [0, 0.05) is 0 Å². The molecule has 7 heteroatoms. The SMILES string of the molecule is CCC[C@@H](C(=O)O)[C@H](CC(F)(F)F)C(=O)OC(C)(C)C. The van der Waals surface area contributed by atoms with Gasteiger partial charge in [-0.2, -0.15) is 13.2 Å². The average Bonchev–Trinajstić information content (AvgIpc) is 2.18. The molecule has 0 saturated heterocycles. The zero-order chi connectivity index (χ0) is 16.1. The second-order valence-corrected chi connectivity index (χ2v) is 5.69. The van der Waals surface area contributed by atoms with Crippen LogP contribution in [0.15, 0.2) is 0 Å². The lowest BCUT2D eigenvalue weighted by molar-refractivity contribution is -0.183. The minimum absolute atomic E-state index is 0.00464. The van der Waals surface area contributed by atoms with E-state index in [4.69, 9.17) is 9.84 Å². The fourth-order valence-electron chi connectivity index (χ4n) is 1.82. The van der Waals surface area contributed by atoms with Crippen molar-refractivity contribution in [2.75, 3.05) is 0 Å². The van der Waals surface area contributed by atoms with Crippen LogP contribution in [0.1, 0.15) is 47.0 Å². The lowest BCUT2D eigenvalue weighted by Gasteiger charge is -2.27. The number of esters is 1. The smallest absolute Gasteiger partial charge is 0.389 e. The molecule has 0 rings (SSSR count). The summed E-state index contributed by atoms with van der Waals surface area (Å²) in [5.41, 5.74) is -0.962. The number of carbonyl (C=O) groups excluding carboxylic acids is 1. The van der Waals surface area contributed by atoms with Crippen molar-refractivity contribution in [3.8, 4) is 0 Å². The molecular formula is C13H21F3O4. The first-order chi connectivity index (χ1) is 8.87. The van der Waals surface area contributed by atoms with E-state index in [9.17, 15) is 22.8 Å². The van der Waals surface area contributed by atoms with E-state index in [0.29, 0.717) is 6.42 Å². The number of rotatable bonds is 6. The molecule has 0 aromatic rings. The highest BCUT2D eigenvalue weighted by Crippen LogP contribution is 2.33. The molecular weight excluding hydrogens is 277 g/mol. The summed E-state index contributed by atoms with van der Waals surface area (Å²) in [4.78, 5) is 23.0. The zero-order valence-corrected chi connectivity index (χ0v) is 12.1. The molecule has 4 nitrogen and oxygen atoms in total. The molecule has 0 aliphatic rings. The molecule has 0 bridgehead atoms. The quantitative estimate of drug-likeness (QED) is 0.763. The minimum atomic E-state index is -4.62. The van der Waals surface area contributed by atoms with E-state index in [-0.39, 0.29) is 6.42 Å². The summed E-state index contributed by atoms with van der Waals surface area (Å²) in [5.74, 6) is -5.63. The van der Waals surface area contributed by atoms with E-state index in [2.05, 4.69) is 0 Å². The van der Waals surface area contributed by atoms with E-state index in [1.807, 2.05) is 0 Å². The van der Waals surface area contributed by atoms with Gasteiger partial charge in [-0.1, -0.05) is 13.3 Å². The third kappa shape index (κ3) is 7.35. The van der Waals surface area contributed by atoms with Gasteiger partial charge in [0.1, 0.15) is 5.60 Å². The summed E-state index contributed by atoms with van der Waals surface area (Å²) in [6.45, 7) is 6.21. The van der Waals surface area contributed by atoms with Gasteiger partial charge in [0.05, 0.1) is 18.3 Å². The highest BCUT2D eigenvalue weighted by atomic mass is 19.4. The highest BCUT2D eigenvalue weighted by Gasteiger charge is 2.43. The Labute approximate surface area is 116 Å². The Hall–Kier alpha value is -1.27. The molecule has 0 heterocycles. The van der Waals surface area contributed by atoms with Crippen LogP contribution < -0.4 is 0 Å². The van der Waals surface area contributed by atoms with E-state index in [0.717, 1.165) is 0 Å². The first kappa shape index (κ1) is 18.7. The summed E-state index contributed by atoms with van der Waals surface area (Å²) in [7, 11) is 0. The first-order valence-corrected chi connectivity index (χ1v) is 6.39. The van der Waals surface area contributed by atoms with Crippen molar-refractivity contribution in [1.82, 2.24) is 0 Å². The molecule has 20 heavy (non-hydrogen) atoms. The first-order valence-electron chi connectivity index (χ1n) is 6.39. The number of ether oxygens (including phenoxy) is 1. The molecule has 0 aliphatic heterocycles. The van der Waals surface area contributed by atoms with E-state index in [1.54, 1.807) is 6.92 Å². The highest BCUT2D eigenvalue weighted by molar-refractivity contribution is 5.81. The maximum Gasteiger partial charge on any atom is 0.389 e. The van der Waals surface area contributed by atoms with Crippen LogP contribution in [-0.2, 0) is 14.3 Å². The van der Waals surface area contributed by atoms with Crippen LogP contribution >= 0.6 is 0 Å². The number of hydrogen-bond donors (Lipinski definition) is 1. The van der Waals surface area contributed by atoms with Crippen LogP contribution in [0.25, 0.3) is 0 Å². The molecule has 118 valence electrons. The van der Waals surface area contributed by atoms with Crippen molar-refractivity contribution in [3.63, 3.8) is 0 Å². The zero-order valence-electron chi connectivity index (χ0n) is 12.1. The molecule has 0 aliphatic carbocycles. The van der Waals surface area contributed by atoms with Crippen molar-refractivity contribution >= 4 is 11.9 Å². The van der Waals surface area contributed by atoms with Gasteiger partial charge in [-0.05, 0) is 27.2 Å². The predicted octanol–water partition coefficient (Wildman–Crippen LogP) is 3.40. The number of carbonyl (C=O) groups is 2. The standard InChI is InChI=1S/C13H21F3O4/c1-5-6-8(10(17)18)9(7-13(14,15)16)11(19)20-12(2,3)4/h8-9H,5-7H2,1-4H3,(H,17,18)/t8-,9+/m1/s1. The van der Waals surface area contributed by atoms with Crippen molar-refractivity contribution in [2.24, 2.45) is 11.8 Å². The Morgan fingerprint density at radius 3 is 1.95 bits per heavy atom. The van der Waals surface area contributed by atoms with Crippen LogP contribution in [0, 0.1) is 11.8 Å². The molecule has 0 fully saturated rings. The van der Waals surface area contributed by atoms with Gasteiger partial charge in [0.2, 0.25) is 0 Å². The van der Waals surface area contributed by atoms with E-state index < -0.39 is 42.0 Å². The summed E-state index contributed by atoms with van der Waals surface area (Å²) >= 11 is 0. The van der Waals surface area contributed by atoms with Crippen molar-refractivity contribution in [1.29, 1.82) is 0 Å². The van der Waals surface area contributed by atoms with Gasteiger partial charge in [0.25, 0.3) is 0 Å². The summed E-state index contributed by atoms with van der Waals surface area (Å²) < 4.78 is 42.6. The third-order valence-electron chi connectivity index (χ3n) is 2.56. The van der Waals surface area contributed by atoms with Crippen LogP contribution in [0.4, 0.5) is 13.2 Å². The topological polar surface area (TPSA) is 63.6 Å². The fraction of sp³-hybridized carbons (Fsp3) is 0.846. The van der Waals surface area contributed by atoms with Gasteiger partial charge in [-0.25, -0.2) is 0 Å². The normalized spacial score (nSPS) is 15.6. The van der Waals surface area contributed by atoms with Crippen LogP contribution in [0.5, 0.6) is 0 Å². The Kier molecular flexibility index (Phi) is 6.50. The molecule has 0 spiro atoms. The lowest BCUT2D eigenvalue weighted by Crippen LogP contribution is -2.38. The number of aliphatic carboxylic acids is 1. The van der Waals surface area contributed by atoms with Crippen LogP contribution in [0.3, 0.4) is 0 Å². The Bertz CT molecular complexity index is 345. The number of carboxylic acids is 1. The maximum atomic E-state index is 12.6. The molecule has 1 N–H and O–H groups in total. The predicted molar refractivity (Wildman–Crippen MR) is 66.0 cm³/mol. The molecule has 0 radical (unpaired) electrons. The van der Waals surface area contributed by atoms with Gasteiger partial charge in [-0.3, -0.25) is 9.59 Å². The average molecular weight is 298 g/mol. The largest absolute Gasteiger partial charge is 0.481 e. The van der Waals surface area contributed by atoms with Gasteiger partial charge in [-0.15, -0.1) is 0 Å². The second-order valence-electron chi connectivity index (χ2n) is 5.69. The maximum absolute atomic E-state index is 12.6. The summed E-state index contributed by atoms with van der Waals surface area (Å²) in [6, 6.07) is 0. The summed E-state index contributed by atoms with van der Waals surface area (Å²) in [5, 5.41) is 9.04. The van der Waals surface area contributed by atoms with Crippen molar-refractivity contribution in [2.45, 2.75) is 58.7 Å². The molecule has 0 saturated carbocycles. The Morgan fingerprint density at radius 1 is 1.15 bits per heavy atom. The molecule has 0 unspecified atom stereocenters. The monoisotopic (exact) mass is 298 g/mol. The van der Waals surface area contributed by atoms with E-state index >= 15 is 0 Å². The second kappa shape index (κ2) is 6.95. The van der Waals surface area contributed by atoms with Gasteiger partial charge < -0.3 is 9.84 Å². The fourth-order valence-corrected chi connectivity index (χ4v) is 1.82. The number of hydrogen-bond acceptors (Lipinski definition) is 3. The molecule has 0 amide bonds. The molecule has 0 aromatic heterocycles. The van der Waals surface area contributed by atoms with Crippen LogP contribution in [-0.4, -0.2) is 28.8 Å². The van der Waals surface area contributed by atoms with Gasteiger partial charge in [0.15, 0.2) is 0 Å². The number of alkyl halides is 3. The lowest BCUT2D eigenvalue weighted by atomic mass is 9.85. The summed E-state index contributed by atoms with van der Waals surface area (Å²) in [6.07, 6.45) is -5.74. The van der Waals surface area contributed by atoms with Crippen molar-refractivity contribution < 1.29 is 32.6 Å². The minimum Gasteiger partial charge on any atom is -0.481 e. The van der Waals surface area contributed by atoms with Crippen LogP contribution in [0.2, 0.25) is 0 Å². The Balaban J connectivity index is 5.24. The molecule has 0 aromatic carbocycles. The molecule has 2 atom stereocenters. The third-order valence-corrected chi connectivity index (χ3v) is 2.56. The number of carboxylic acid groups (broad SMARTS) is 1. The van der Waals surface area contributed by atoms with Gasteiger partial charge >= 0.3 is 18.1 Å².